The summed E-state index contributed by atoms with van der Waals surface area (Å²) < 4.78 is 15.6. The molecule has 0 aliphatic carbocycles. The third-order valence-corrected chi connectivity index (χ3v) is 4.97. The quantitative estimate of drug-likeness (QED) is 0.573. The largest absolute Gasteiger partial charge is 0.374 e. The number of primary amides is 1. The number of carbonyl (C=O) groups is 1. The third-order valence-electron chi connectivity index (χ3n) is 4.97. The Balaban J connectivity index is 1.90. The number of hydrogen-bond acceptors (Lipinski definition) is 3. The summed E-state index contributed by atoms with van der Waals surface area (Å²) in [5.74, 6) is -0.835. The summed E-state index contributed by atoms with van der Waals surface area (Å²) in [5.41, 5.74) is 10.9. The van der Waals surface area contributed by atoms with Crippen molar-refractivity contribution in [2.24, 2.45) is 5.73 Å². The number of rotatable bonds is 2. The monoisotopic (exact) mass is 358 g/mol. The van der Waals surface area contributed by atoms with E-state index in [1.54, 1.807) is 10.6 Å². The van der Waals surface area contributed by atoms with E-state index in [0.29, 0.717) is 5.56 Å². The highest BCUT2D eigenvalue weighted by atomic mass is 19.1. The first-order valence-corrected chi connectivity index (χ1v) is 8.55. The van der Waals surface area contributed by atoms with Crippen LogP contribution in [0.4, 0.5) is 10.1 Å². The molecule has 1 aliphatic rings. The van der Waals surface area contributed by atoms with Crippen LogP contribution in [0.1, 0.15) is 27.5 Å². The molecule has 3 heterocycles. The van der Waals surface area contributed by atoms with Crippen molar-refractivity contribution >= 4 is 17.1 Å². The Kier molecular flexibility index (Phi) is 3.27. The molecular weight excluding hydrogens is 343 g/mol. The minimum atomic E-state index is -0.536. The maximum atomic E-state index is 13.9. The fourth-order valence-corrected chi connectivity index (χ4v) is 3.81. The number of nitrogens with one attached hydrogen (secondary N) is 1. The van der Waals surface area contributed by atoms with Gasteiger partial charge in [0.15, 0.2) is 0 Å². The van der Waals surface area contributed by atoms with Gasteiger partial charge < -0.3 is 11.1 Å². The second-order valence-corrected chi connectivity index (χ2v) is 6.54. The Morgan fingerprint density at radius 2 is 2.00 bits per heavy atom. The predicted molar refractivity (Wildman–Crippen MR) is 101 cm³/mol. The minimum Gasteiger partial charge on any atom is -0.374 e. The van der Waals surface area contributed by atoms with Gasteiger partial charge >= 0.3 is 0 Å². The van der Waals surface area contributed by atoms with Gasteiger partial charge in [0.1, 0.15) is 5.82 Å². The number of hydrogen-bond donors (Lipinski definition) is 2. The Hall–Kier alpha value is -3.67. The lowest BCUT2D eigenvalue weighted by Gasteiger charge is -2.19. The van der Waals surface area contributed by atoms with E-state index in [2.05, 4.69) is 10.4 Å². The topological polar surface area (TPSA) is 72.4 Å². The SMILES string of the molecule is NC(=O)c1cnn2ccc3c2c1-c1ccccc1NC3c1cccc(F)c1. The molecular formula is C21H15FN4O. The summed E-state index contributed by atoms with van der Waals surface area (Å²) in [6.45, 7) is 0. The smallest absolute Gasteiger partial charge is 0.251 e. The second kappa shape index (κ2) is 5.67. The van der Waals surface area contributed by atoms with Crippen molar-refractivity contribution < 1.29 is 9.18 Å². The zero-order valence-electron chi connectivity index (χ0n) is 14.2. The van der Waals surface area contributed by atoms with E-state index in [4.69, 9.17) is 5.73 Å². The number of para-hydroxylation sites is 1. The van der Waals surface area contributed by atoms with Gasteiger partial charge in [-0.25, -0.2) is 8.91 Å². The fourth-order valence-electron chi connectivity index (χ4n) is 3.81. The molecule has 1 aliphatic heterocycles. The molecule has 5 rings (SSSR count). The van der Waals surface area contributed by atoms with Crippen molar-refractivity contribution in [2.75, 3.05) is 5.32 Å². The number of anilines is 1. The maximum Gasteiger partial charge on any atom is 0.251 e. The van der Waals surface area contributed by atoms with Crippen LogP contribution in [0.2, 0.25) is 0 Å². The normalized spacial score (nSPS) is 15.1. The summed E-state index contributed by atoms with van der Waals surface area (Å²) >= 11 is 0. The first-order valence-electron chi connectivity index (χ1n) is 8.55. The molecule has 4 aromatic rings. The standard InChI is InChI=1S/C21H15FN4O/c22-13-5-3-4-12(10-13)19-15-8-9-26-20(15)18(16(11-24-26)21(23)27)14-6-1-2-7-17(14)25-19/h1-11,19,25H,(H2,23,27). The van der Waals surface area contributed by atoms with Crippen LogP contribution in [0.5, 0.6) is 0 Å². The lowest BCUT2D eigenvalue weighted by atomic mass is 9.96. The lowest BCUT2D eigenvalue weighted by Crippen LogP contribution is -2.14. The van der Waals surface area contributed by atoms with Gasteiger partial charge in [0.25, 0.3) is 5.91 Å². The molecule has 0 saturated carbocycles. The molecule has 6 heteroatoms. The van der Waals surface area contributed by atoms with E-state index in [-0.39, 0.29) is 11.9 Å². The number of benzene rings is 2. The van der Waals surface area contributed by atoms with Gasteiger partial charge in [-0.1, -0.05) is 30.3 Å². The predicted octanol–water partition coefficient (Wildman–Crippen LogP) is 3.75. The number of halogens is 1. The number of nitrogens with zero attached hydrogens (tertiary/aromatic N) is 2. The van der Waals surface area contributed by atoms with Crippen molar-refractivity contribution in [1.29, 1.82) is 0 Å². The summed E-state index contributed by atoms with van der Waals surface area (Å²) in [4.78, 5) is 12.1. The summed E-state index contributed by atoms with van der Waals surface area (Å²) in [6.07, 6.45) is 3.33. The maximum absolute atomic E-state index is 13.9. The van der Waals surface area contributed by atoms with Crippen LogP contribution < -0.4 is 11.1 Å². The molecule has 2 aromatic heterocycles. The van der Waals surface area contributed by atoms with Gasteiger partial charge in [-0.2, -0.15) is 5.10 Å². The first-order chi connectivity index (χ1) is 13.1. The molecule has 3 N–H and O–H groups in total. The molecule has 0 radical (unpaired) electrons. The van der Waals surface area contributed by atoms with Crippen molar-refractivity contribution in [3.63, 3.8) is 0 Å². The number of carbonyl (C=O) groups excluding carboxylic acids is 1. The summed E-state index contributed by atoms with van der Waals surface area (Å²) in [5, 5.41) is 7.84. The Labute approximate surface area is 154 Å². The Bertz CT molecular complexity index is 1210. The summed E-state index contributed by atoms with van der Waals surface area (Å²) in [7, 11) is 0. The van der Waals surface area contributed by atoms with Gasteiger partial charge in [-0.3, -0.25) is 4.79 Å². The van der Waals surface area contributed by atoms with Crippen LogP contribution >= 0.6 is 0 Å². The third kappa shape index (κ3) is 2.30. The second-order valence-electron chi connectivity index (χ2n) is 6.54. The molecule has 2 aromatic carbocycles. The van der Waals surface area contributed by atoms with Crippen LogP contribution in [0.15, 0.2) is 67.0 Å². The molecule has 132 valence electrons. The van der Waals surface area contributed by atoms with E-state index >= 15 is 0 Å². The molecule has 1 amide bonds. The van der Waals surface area contributed by atoms with E-state index < -0.39 is 5.91 Å². The molecule has 0 bridgehead atoms. The zero-order valence-corrected chi connectivity index (χ0v) is 14.2. The highest BCUT2D eigenvalue weighted by Crippen LogP contribution is 2.43. The van der Waals surface area contributed by atoms with E-state index in [9.17, 15) is 9.18 Å². The average Bonchev–Trinajstić information content (AvgIpc) is 3.03. The van der Waals surface area contributed by atoms with E-state index in [0.717, 1.165) is 33.5 Å². The van der Waals surface area contributed by atoms with Gasteiger partial charge in [-0.05, 0) is 29.8 Å². The Morgan fingerprint density at radius 3 is 2.81 bits per heavy atom. The number of fused-ring (bicyclic) bond motifs is 2. The van der Waals surface area contributed by atoms with Crippen LogP contribution in [0.25, 0.3) is 16.6 Å². The van der Waals surface area contributed by atoms with Crippen molar-refractivity contribution in [2.45, 2.75) is 6.04 Å². The Morgan fingerprint density at radius 1 is 1.15 bits per heavy atom. The first kappa shape index (κ1) is 15.6. The van der Waals surface area contributed by atoms with Crippen molar-refractivity contribution in [1.82, 2.24) is 9.61 Å². The lowest BCUT2D eigenvalue weighted by molar-refractivity contribution is 0.100. The zero-order chi connectivity index (χ0) is 18.5. The highest BCUT2D eigenvalue weighted by molar-refractivity contribution is 6.06. The van der Waals surface area contributed by atoms with Crippen molar-refractivity contribution in [3.8, 4) is 11.1 Å². The number of amides is 1. The number of nitrogens with two attached hydrogens (primary N) is 1. The molecule has 5 nitrogen and oxygen atoms in total. The molecule has 0 saturated heterocycles. The summed E-state index contributed by atoms with van der Waals surface area (Å²) in [6, 6.07) is 15.9. The van der Waals surface area contributed by atoms with Gasteiger partial charge in [0.2, 0.25) is 0 Å². The molecule has 27 heavy (non-hydrogen) atoms. The van der Waals surface area contributed by atoms with Crippen LogP contribution in [-0.4, -0.2) is 15.5 Å². The highest BCUT2D eigenvalue weighted by Gasteiger charge is 2.28. The molecule has 1 unspecified atom stereocenters. The molecule has 0 spiro atoms. The fraction of sp³-hybridized carbons (Fsp3) is 0.0476. The average molecular weight is 358 g/mol. The van der Waals surface area contributed by atoms with Gasteiger partial charge in [0, 0.05) is 28.6 Å². The molecule has 1 atom stereocenters. The van der Waals surface area contributed by atoms with E-state index in [1.165, 1.54) is 18.3 Å². The van der Waals surface area contributed by atoms with E-state index in [1.807, 2.05) is 42.6 Å². The van der Waals surface area contributed by atoms with Crippen LogP contribution in [0.3, 0.4) is 0 Å². The van der Waals surface area contributed by atoms with Crippen LogP contribution in [0, 0.1) is 5.82 Å². The van der Waals surface area contributed by atoms with Crippen molar-refractivity contribution in [3.05, 3.63) is 89.5 Å². The number of aromatic nitrogens is 2. The van der Waals surface area contributed by atoms with Gasteiger partial charge in [0.05, 0.1) is 23.3 Å². The minimum absolute atomic E-state index is 0.293. The molecule has 0 fully saturated rings. The van der Waals surface area contributed by atoms with Gasteiger partial charge in [-0.15, -0.1) is 0 Å². The van der Waals surface area contributed by atoms with Crippen LogP contribution in [-0.2, 0) is 0 Å².